The van der Waals surface area contributed by atoms with Crippen molar-refractivity contribution in [3.8, 4) is 28.4 Å². The first kappa shape index (κ1) is 31.7. The highest BCUT2D eigenvalue weighted by atomic mass is 35.5. The van der Waals surface area contributed by atoms with Gasteiger partial charge in [-0.1, -0.05) is 78.3 Å². The van der Waals surface area contributed by atoms with E-state index in [1.807, 2.05) is 79.9 Å². The summed E-state index contributed by atoms with van der Waals surface area (Å²) in [4.78, 5) is 18.6. The number of nitrogens with one attached hydrogen (secondary N) is 1. The van der Waals surface area contributed by atoms with Gasteiger partial charge in [0.15, 0.2) is 10.7 Å². The van der Waals surface area contributed by atoms with Crippen molar-refractivity contribution in [2.75, 3.05) is 0 Å². The molecule has 3 heterocycles. The quantitative estimate of drug-likeness (QED) is 0.0938. The molecule has 48 heavy (non-hydrogen) atoms. The molecule has 7 rings (SSSR count). The fraction of sp³-hybridized carbons (Fsp3) is 0.179. The number of aromatic amines is 1. The maximum atomic E-state index is 11.7. The number of H-pyrrole nitrogens is 1. The summed E-state index contributed by atoms with van der Waals surface area (Å²) < 4.78 is 19.7. The number of pyridine rings is 1. The molecule has 1 aliphatic rings. The Morgan fingerprint density at radius 1 is 0.979 bits per heavy atom. The second-order valence-electron chi connectivity index (χ2n) is 12.0. The SMILES string of the molecule is CC1Cc2c(OCc3ccc(-c4ccccc4)cn3)ccc3[nH]c(C(S)(Cc4ccc(Cl)cc4)Oc4ccccc4CC(=O)O)c(c23)O1. The molecule has 0 aliphatic carbocycles. The van der Waals surface area contributed by atoms with Crippen molar-refractivity contribution >= 4 is 41.1 Å². The number of para-hydroxylation sites is 1. The van der Waals surface area contributed by atoms with Crippen LogP contribution in [0.3, 0.4) is 0 Å². The molecule has 2 aromatic heterocycles. The molecular formula is C39H33ClN2O5S. The Hall–Kier alpha value is -4.92. The smallest absolute Gasteiger partial charge is 0.307 e. The van der Waals surface area contributed by atoms with Crippen LogP contribution in [0.25, 0.3) is 22.0 Å². The van der Waals surface area contributed by atoms with Gasteiger partial charge in [0.2, 0.25) is 0 Å². The summed E-state index contributed by atoms with van der Waals surface area (Å²) >= 11 is 11.4. The van der Waals surface area contributed by atoms with E-state index in [1.165, 1.54) is 0 Å². The Morgan fingerprint density at radius 3 is 2.50 bits per heavy atom. The van der Waals surface area contributed by atoms with Crippen LogP contribution in [0.4, 0.5) is 0 Å². The lowest BCUT2D eigenvalue weighted by Crippen LogP contribution is -2.32. The lowest BCUT2D eigenvalue weighted by Gasteiger charge is -2.32. The summed E-state index contributed by atoms with van der Waals surface area (Å²) in [5.41, 5.74) is 6.97. The van der Waals surface area contributed by atoms with Gasteiger partial charge in [0.1, 0.15) is 29.9 Å². The molecule has 0 saturated carbocycles. The van der Waals surface area contributed by atoms with E-state index >= 15 is 0 Å². The predicted molar refractivity (Wildman–Crippen MR) is 190 cm³/mol. The molecule has 1 aliphatic heterocycles. The normalized spacial score (nSPS) is 15.0. The molecule has 0 saturated heterocycles. The van der Waals surface area contributed by atoms with Crippen molar-refractivity contribution in [1.29, 1.82) is 0 Å². The van der Waals surface area contributed by atoms with Crippen LogP contribution in [0.15, 0.2) is 109 Å². The summed E-state index contributed by atoms with van der Waals surface area (Å²) in [7, 11) is 0. The molecule has 9 heteroatoms. The zero-order valence-corrected chi connectivity index (χ0v) is 27.8. The molecule has 0 amide bonds. The predicted octanol–water partition coefficient (Wildman–Crippen LogP) is 8.82. The molecule has 7 nitrogen and oxygen atoms in total. The fourth-order valence-electron chi connectivity index (χ4n) is 6.18. The number of halogens is 1. The van der Waals surface area contributed by atoms with E-state index < -0.39 is 10.9 Å². The first-order chi connectivity index (χ1) is 23.3. The minimum atomic E-state index is -1.28. The van der Waals surface area contributed by atoms with Crippen molar-refractivity contribution in [3.63, 3.8) is 0 Å². The summed E-state index contributed by atoms with van der Waals surface area (Å²) in [6.45, 7) is 2.33. The van der Waals surface area contributed by atoms with Gasteiger partial charge in [0.25, 0.3) is 0 Å². The maximum Gasteiger partial charge on any atom is 0.307 e. The van der Waals surface area contributed by atoms with Crippen LogP contribution in [-0.4, -0.2) is 27.1 Å². The van der Waals surface area contributed by atoms with Crippen LogP contribution in [0.5, 0.6) is 17.2 Å². The minimum Gasteiger partial charge on any atom is -0.488 e. The second-order valence-corrected chi connectivity index (χ2v) is 13.1. The number of nitrogens with zero attached hydrogens (tertiary/aromatic N) is 1. The van der Waals surface area contributed by atoms with Crippen LogP contribution in [0.2, 0.25) is 5.02 Å². The molecule has 0 bridgehead atoms. The Balaban J connectivity index is 1.25. The van der Waals surface area contributed by atoms with Gasteiger partial charge in [-0.25, -0.2) is 0 Å². The van der Waals surface area contributed by atoms with Crippen LogP contribution in [0, 0.1) is 0 Å². The van der Waals surface area contributed by atoms with Gasteiger partial charge < -0.3 is 24.3 Å². The van der Waals surface area contributed by atoms with Gasteiger partial charge in [-0.3, -0.25) is 9.78 Å². The van der Waals surface area contributed by atoms with E-state index in [9.17, 15) is 9.90 Å². The zero-order chi connectivity index (χ0) is 33.3. The molecule has 2 atom stereocenters. The van der Waals surface area contributed by atoms with Crippen molar-refractivity contribution in [3.05, 3.63) is 142 Å². The van der Waals surface area contributed by atoms with E-state index in [-0.39, 0.29) is 12.5 Å². The number of hydrogen-bond donors (Lipinski definition) is 3. The van der Waals surface area contributed by atoms with Gasteiger partial charge in [0, 0.05) is 46.1 Å². The summed E-state index contributed by atoms with van der Waals surface area (Å²) in [6.07, 6.45) is 2.50. The lowest BCUT2D eigenvalue weighted by molar-refractivity contribution is -0.136. The van der Waals surface area contributed by atoms with Gasteiger partial charge >= 0.3 is 5.97 Å². The number of carbonyl (C=O) groups is 1. The van der Waals surface area contributed by atoms with Crippen LogP contribution >= 0.6 is 24.2 Å². The third kappa shape index (κ3) is 6.59. The first-order valence-electron chi connectivity index (χ1n) is 15.7. The number of thiol groups is 1. The highest BCUT2D eigenvalue weighted by Gasteiger charge is 2.40. The van der Waals surface area contributed by atoms with E-state index in [2.05, 4.69) is 28.2 Å². The second kappa shape index (κ2) is 13.3. The van der Waals surface area contributed by atoms with Crippen LogP contribution < -0.4 is 14.2 Å². The molecule has 0 radical (unpaired) electrons. The lowest BCUT2D eigenvalue weighted by atomic mass is 9.97. The number of benzene rings is 4. The molecule has 242 valence electrons. The summed E-state index contributed by atoms with van der Waals surface area (Å²) in [5.74, 6) is 0.863. The van der Waals surface area contributed by atoms with E-state index in [0.717, 1.165) is 44.6 Å². The fourth-order valence-corrected chi connectivity index (χ4v) is 6.75. The van der Waals surface area contributed by atoms with Crippen molar-refractivity contribution < 1.29 is 24.1 Å². The molecule has 0 spiro atoms. The third-order valence-electron chi connectivity index (χ3n) is 8.44. The highest BCUT2D eigenvalue weighted by Crippen LogP contribution is 2.49. The Kier molecular flexibility index (Phi) is 8.77. The van der Waals surface area contributed by atoms with Gasteiger partial charge in [-0.05, 0) is 54.4 Å². The zero-order valence-electron chi connectivity index (χ0n) is 26.2. The van der Waals surface area contributed by atoms with Crippen molar-refractivity contribution in [2.24, 2.45) is 0 Å². The number of aliphatic carboxylic acids is 1. The maximum absolute atomic E-state index is 11.7. The first-order valence-corrected chi connectivity index (χ1v) is 16.5. The summed E-state index contributed by atoms with van der Waals surface area (Å²) in [6, 6.07) is 32.8. The van der Waals surface area contributed by atoms with E-state index in [0.29, 0.717) is 47.2 Å². The highest BCUT2D eigenvalue weighted by molar-refractivity contribution is 7.81. The van der Waals surface area contributed by atoms with Gasteiger partial charge in [-0.2, -0.15) is 0 Å². The standard InChI is InChI=1S/C39H33ClN2O5S/c1-24-19-31-34(45-23-30-16-13-28(22-41-30)26-7-3-2-4-8-26)18-17-32-36(31)37(46-24)38(42-32)39(48,21-25-11-14-29(40)15-12-25)47-33-10-6-5-9-27(33)20-35(43)44/h2-18,22,24,42,48H,19-21,23H2,1H3,(H,43,44). The molecular weight excluding hydrogens is 644 g/mol. The largest absolute Gasteiger partial charge is 0.488 e. The van der Waals surface area contributed by atoms with Gasteiger partial charge in [-0.15, -0.1) is 12.6 Å². The molecule has 2 unspecified atom stereocenters. The topological polar surface area (TPSA) is 93.7 Å². The van der Waals surface area contributed by atoms with Crippen LogP contribution in [-0.2, 0) is 35.6 Å². The molecule has 6 aromatic rings. The molecule has 4 aromatic carbocycles. The third-order valence-corrected chi connectivity index (χ3v) is 9.17. The molecule has 2 N–H and O–H groups in total. The van der Waals surface area contributed by atoms with E-state index in [1.54, 1.807) is 18.2 Å². The van der Waals surface area contributed by atoms with Crippen molar-refractivity contribution in [1.82, 2.24) is 9.97 Å². The van der Waals surface area contributed by atoms with Crippen LogP contribution in [0.1, 0.15) is 35.0 Å². The minimum absolute atomic E-state index is 0.157. The number of carboxylic acid groups (broad SMARTS) is 1. The summed E-state index contributed by atoms with van der Waals surface area (Å²) in [5, 5.41) is 11.1. The number of rotatable bonds is 11. The molecule has 0 fully saturated rings. The van der Waals surface area contributed by atoms with Crippen molar-refractivity contribution in [2.45, 2.75) is 43.8 Å². The van der Waals surface area contributed by atoms with Gasteiger partial charge in [0.05, 0.1) is 17.6 Å². The number of aromatic nitrogens is 2. The number of hydrogen-bond acceptors (Lipinski definition) is 6. The Bertz CT molecular complexity index is 2080. The average Bonchev–Trinajstić information content (AvgIpc) is 3.47. The van der Waals surface area contributed by atoms with E-state index in [4.69, 9.17) is 38.4 Å². The number of ether oxygens (including phenoxy) is 3. The number of carboxylic acids is 1. The Labute approximate surface area is 288 Å². The average molecular weight is 677 g/mol. The Morgan fingerprint density at radius 2 is 1.75 bits per heavy atom. The monoisotopic (exact) mass is 676 g/mol.